The van der Waals surface area contributed by atoms with Crippen molar-refractivity contribution in [2.45, 2.75) is 30.3 Å². The monoisotopic (exact) mass is 451 g/mol. The molecule has 1 aliphatic heterocycles. The number of anilines is 1. The van der Waals surface area contributed by atoms with E-state index in [0.717, 1.165) is 24.9 Å². The van der Waals surface area contributed by atoms with E-state index in [-0.39, 0.29) is 23.4 Å². The van der Waals surface area contributed by atoms with Crippen molar-refractivity contribution in [1.29, 1.82) is 0 Å². The SMILES string of the molecule is O=C(NC1CCCN(c2ncccn2)C1)c1cccc(S(=O)(=O)NCc2ccccc2)c1. The molecule has 166 valence electrons. The van der Waals surface area contributed by atoms with Crippen molar-refractivity contribution in [2.75, 3.05) is 18.0 Å². The van der Waals surface area contributed by atoms with Crippen molar-refractivity contribution in [1.82, 2.24) is 20.0 Å². The molecule has 0 saturated carbocycles. The molecule has 2 aromatic carbocycles. The Morgan fingerprint density at radius 3 is 2.59 bits per heavy atom. The molecule has 1 amide bonds. The van der Waals surface area contributed by atoms with Crippen molar-refractivity contribution < 1.29 is 13.2 Å². The fourth-order valence-corrected chi connectivity index (χ4v) is 4.73. The van der Waals surface area contributed by atoms with E-state index in [1.54, 1.807) is 30.6 Å². The van der Waals surface area contributed by atoms with Crippen LogP contribution in [0.15, 0.2) is 78.0 Å². The lowest BCUT2D eigenvalue weighted by atomic mass is 10.1. The van der Waals surface area contributed by atoms with Gasteiger partial charge in [0.25, 0.3) is 5.91 Å². The van der Waals surface area contributed by atoms with Crippen LogP contribution in [0.25, 0.3) is 0 Å². The molecule has 4 rings (SSSR count). The fourth-order valence-electron chi connectivity index (χ4n) is 3.66. The summed E-state index contributed by atoms with van der Waals surface area (Å²) in [6.07, 6.45) is 5.14. The average molecular weight is 452 g/mol. The molecule has 8 nitrogen and oxygen atoms in total. The summed E-state index contributed by atoms with van der Waals surface area (Å²) in [6, 6.07) is 17.1. The van der Waals surface area contributed by atoms with Crippen LogP contribution in [-0.2, 0) is 16.6 Å². The third-order valence-corrected chi connectivity index (χ3v) is 6.71. The van der Waals surface area contributed by atoms with E-state index in [1.807, 2.05) is 35.2 Å². The quantitative estimate of drug-likeness (QED) is 0.572. The zero-order valence-corrected chi connectivity index (χ0v) is 18.3. The minimum absolute atomic E-state index is 0.0593. The molecule has 2 N–H and O–H groups in total. The minimum Gasteiger partial charge on any atom is -0.348 e. The Balaban J connectivity index is 1.40. The van der Waals surface area contributed by atoms with Crippen LogP contribution in [0.1, 0.15) is 28.8 Å². The number of nitrogens with zero attached hydrogens (tertiary/aromatic N) is 3. The van der Waals surface area contributed by atoms with E-state index in [2.05, 4.69) is 20.0 Å². The highest BCUT2D eigenvalue weighted by Gasteiger charge is 2.24. The molecular formula is C23H25N5O3S. The minimum atomic E-state index is -3.75. The first-order valence-electron chi connectivity index (χ1n) is 10.5. The molecule has 0 radical (unpaired) electrons. The molecule has 0 spiro atoms. The second-order valence-electron chi connectivity index (χ2n) is 7.65. The van der Waals surface area contributed by atoms with E-state index < -0.39 is 10.0 Å². The molecule has 1 saturated heterocycles. The Morgan fingerprint density at radius 1 is 1.03 bits per heavy atom. The number of aromatic nitrogens is 2. The molecule has 0 bridgehead atoms. The predicted molar refractivity (Wildman–Crippen MR) is 122 cm³/mol. The number of carbonyl (C=O) groups is 1. The zero-order valence-electron chi connectivity index (χ0n) is 17.5. The van der Waals surface area contributed by atoms with Crippen molar-refractivity contribution in [2.24, 2.45) is 0 Å². The first kappa shape index (κ1) is 21.9. The lowest BCUT2D eigenvalue weighted by molar-refractivity contribution is 0.0933. The number of piperidine rings is 1. The molecule has 3 aromatic rings. The van der Waals surface area contributed by atoms with Gasteiger partial charge < -0.3 is 10.2 Å². The molecule has 1 aliphatic rings. The zero-order chi connectivity index (χ0) is 22.4. The van der Waals surface area contributed by atoms with Gasteiger partial charge in [-0.25, -0.2) is 23.1 Å². The number of benzene rings is 2. The largest absolute Gasteiger partial charge is 0.348 e. The van der Waals surface area contributed by atoms with E-state index in [1.165, 1.54) is 12.1 Å². The number of nitrogens with one attached hydrogen (secondary N) is 2. The lowest BCUT2D eigenvalue weighted by Crippen LogP contribution is -2.48. The van der Waals surface area contributed by atoms with Crippen molar-refractivity contribution >= 4 is 21.9 Å². The van der Waals surface area contributed by atoms with Crippen LogP contribution in [0.5, 0.6) is 0 Å². The van der Waals surface area contributed by atoms with Crippen molar-refractivity contribution in [3.8, 4) is 0 Å². The topological polar surface area (TPSA) is 104 Å². The number of amides is 1. The summed E-state index contributed by atoms with van der Waals surface area (Å²) in [5.41, 5.74) is 1.16. The maximum Gasteiger partial charge on any atom is 0.251 e. The molecule has 1 aromatic heterocycles. The summed E-state index contributed by atoms with van der Waals surface area (Å²) < 4.78 is 28.0. The van der Waals surface area contributed by atoms with Gasteiger partial charge in [0.05, 0.1) is 4.90 Å². The van der Waals surface area contributed by atoms with Gasteiger partial charge in [-0.05, 0) is 42.7 Å². The average Bonchev–Trinajstić information content (AvgIpc) is 2.84. The van der Waals surface area contributed by atoms with Gasteiger partial charge in [0.1, 0.15) is 0 Å². The standard InChI is InChI=1S/C23H25N5O3S/c29-22(27-20-10-5-14-28(17-20)23-24-12-6-13-25-23)19-9-4-11-21(15-19)32(30,31)26-16-18-7-2-1-3-8-18/h1-4,6-9,11-13,15,20,26H,5,10,14,16-17H2,(H,27,29). The van der Waals surface area contributed by atoms with Gasteiger partial charge in [0, 0.05) is 43.6 Å². The Labute approximate surface area is 187 Å². The van der Waals surface area contributed by atoms with Crippen LogP contribution in [-0.4, -0.2) is 43.4 Å². The van der Waals surface area contributed by atoms with Crippen LogP contribution in [0.2, 0.25) is 0 Å². The van der Waals surface area contributed by atoms with Gasteiger partial charge in [-0.3, -0.25) is 4.79 Å². The van der Waals surface area contributed by atoms with Gasteiger partial charge in [0.15, 0.2) is 0 Å². The molecule has 0 aliphatic carbocycles. The number of rotatable bonds is 7. The third kappa shape index (κ3) is 5.49. The van der Waals surface area contributed by atoms with Gasteiger partial charge >= 0.3 is 0 Å². The van der Waals surface area contributed by atoms with Crippen LogP contribution >= 0.6 is 0 Å². The van der Waals surface area contributed by atoms with E-state index >= 15 is 0 Å². The van der Waals surface area contributed by atoms with Gasteiger partial charge in [-0.2, -0.15) is 0 Å². The lowest BCUT2D eigenvalue weighted by Gasteiger charge is -2.33. The van der Waals surface area contributed by atoms with Crippen LogP contribution in [0, 0.1) is 0 Å². The molecule has 32 heavy (non-hydrogen) atoms. The Kier molecular flexibility index (Phi) is 6.77. The normalized spacial score (nSPS) is 16.5. The number of sulfonamides is 1. The summed E-state index contributed by atoms with van der Waals surface area (Å²) in [4.78, 5) is 23.5. The smallest absolute Gasteiger partial charge is 0.251 e. The molecule has 1 fully saturated rings. The molecule has 2 heterocycles. The van der Waals surface area contributed by atoms with Gasteiger partial charge in [0.2, 0.25) is 16.0 Å². The summed E-state index contributed by atoms with van der Waals surface area (Å²) in [7, 11) is -3.75. The third-order valence-electron chi connectivity index (χ3n) is 5.31. The highest BCUT2D eigenvalue weighted by atomic mass is 32.2. The molecule has 1 unspecified atom stereocenters. The highest BCUT2D eigenvalue weighted by Crippen LogP contribution is 2.17. The first-order chi connectivity index (χ1) is 15.5. The van der Waals surface area contributed by atoms with Crippen LogP contribution in [0.3, 0.4) is 0 Å². The maximum atomic E-state index is 12.8. The summed E-state index contributed by atoms with van der Waals surface area (Å²) in [5.74, 6) is 0.343. The van der Waals surface area contributed by atoms with Crippen LogP contribution in [0.4, 0.5) is 5.95 Å². The second-order valence-corrected chi connectivity index (χ2v) is 9.41. The fraction of sp³-hybridized carbons (Fsp3) is 0.261. The van der Waals surface area contributed by atoms with E-state index in [9.17, 15) is 13.2 Å². The second kappa shape index (κ2) is 9.88. The van der Waals surface area contributed by atoms with Gasteiger partial charge in [-0.1, -0.05) is 36.4 Å². The van der Waals surface area contributed by atoms with Crippen molar-refractivity contribution in [3.05, 3.63) is 84.2 Å². The molecule has 9 heteroatoms. The Morgan fingerprint density at radius 2 is 1.81 bits per heavy atom. The van der Waals surface area contributed by atoms with E-state index in [4.69, 9.17) is 0 Å². The summed E-state index contributed by atoms with van der Waals surface area (Å²) in [6.45, 7) is 1.61. The predicted octanol–water partition coefficient (Wildman–Crippen LogP) is 2.35. The number of carbonyl (C=O) groups excluding carboxylic acids is 1. The molecular weight excluding hydrogens is 426 g/mol. The van der Waals surface area contributed by atoms with Crippen molar-refractivity contribution in [3.63, 3.8) is 0 Å². The summed E-state index contributed by atoms with van der Waals surface area (Å²) >= 11 is 0. The Hall–Kier alpha value is -3.30. The number of hydrogen-bond acceptors (Lipinski definition) is 6. The van der Waals surface area contributed by atoms with Gasteiger partial charge in [-0.15, -0.1) is 0 Å². The summed E-state index contributed by atoms with van der Waals surface area (Å²) in [5, 5.41) is 3.02. The molecule has 1 atom stereocenters. The first-order valence-corrected chi connectivity index (χ1v) is 12.0. The van der Waals surface area contributed by atoms with E-state index in [0.29, 0.717) is 18.1 Å². The highest BCUT2D eigenvalue weighted by molar-refractivity contribution is 7.89. The Bertz CT molecular complexity index is 1160. The van der Waals surface area contributed by atoms with Crippen LogP contribution < -0.4 is 14.9 Å². The maximum absolute atomic E-state index is 12.8. The number of hydrogen-bond donors (Lipinski definition) is 2.